The van der Waals surface area contributed by atoms with E-state index >= 15 is 0 Å². The number of nitrogen functional groups attached to an aromatic ring is 1. The Labute approximate surface area is 280 Å². The van der Waals surface area contributed by atoms with Crippen LogP contribution in [0.15, 0.2) is 90.0 Å². The van der Waals surface area contributed by atoms with Crippen LogP contribution < -0.4 is 26.6 Å². The maximum absolute atomic E-state index is 5.97. The zero-order valence-corrected chi connectivity index (χ0v) is 27.8. The molecule has 4 N–H and O–H groups in total. The van der Waals surface area contributed by atoms with Crippen LogP contribution in [-0.2, 0) is 13.1 Å². The zero-order chi connectivity index (χ0) is 33.6. The second-order valence-corrected chi connectivity index (χ2v) is 11.6. The molecule has 14 nitrogen and oxygen atoms in total. The molecule has 2 fully saturated rings. The Hall–Kier alpha value is -5.08. The summed E-state index contributed by atoms with van der Waals surface area (Å²) in [6, 6.07) is 28.1. The van der Waals surface area contributed by atoms with Gasteiger partial charge in [0.1, 0.15) is 6.10 Å². The molecule has 2 aliphatic heterocycles. The van der Waals surface area contributed by atoms with E-state index in [1.165, 1.54) is 15.8 Å². The van der Waals surface area contributed by atoms with Crippen molar-refractivity contribution in [1.29, 1.82) is 0 Å². The minimum Gasteiger partial charge on any atom is -0.476 e. The molecule has 3 aromatic heterocycles. The molecule has 2 unspecified atom stereocenters. The zero-order valence-electron chi connectivity index (χ0n) is 27.8. The number of nitrogens with two attached hydrogens (primary N) is 2. The fraction of sp³-hybridized carbons (Fsp3) is 0.412. The van der Waals surface area contributed by atoms with Crippen molar-refractivity contribution < 1.29 is 9.47 Å². The summed E-state index contributed by atoms with van der Waals surface area (Å²) in [5.41, 5.74) is 3.69. The number of hydrogen-bond donors (Lipinski definition) is 2. The van der Waals surface area contributed by atoms with Crippen molar-refractivity contribution >= 4 is 5.65 Å². The highest BCUT2D eigenvalue weighted by Crippen LogP contribution is 2.20. The molecule has 254 valence electrons. The third-order valence-electron chi connectivity index (χ3n) is 8.08. The lowest BCUT2D eigenvalue weighted by atomic mass is 10.1. The lowest BCUT2D eigenvalue weighted by molar-refractivity contribution is 0.0794. The number of likely N-dealkylation sites (tertiary alicyclic amines) is 2. The van der Waals surface area contributed by atoms with Crippen molar-refractivity contribution in [3.8, 4) is 11.8 Å². The van der Waals surface area contributed by atoms with Gasteiger partial charge in [-0.25, -0.2) is 0 Å². The second-order valence-electron chi connectivity index (χ2n) is 11.6. The van der Waals surface area contributed by atoms with Gasteiger partial charge in [-0.15, -0.1) is 19.9 Å². The maximum Gasteiger partial charge on any atom is 0.233 e. The minimum absolute atomic E-state index is 0.112. The van der Waals surface area contributed by atoms with Gasteiger partial charge in [-0.1, -0.05) is 74.5 Å². The first-order valence-corrected chi connectivity index (χ1v) is 16.6. The fourth-order valence-corrected chi connectivity index (χ4v) is 5.79. The Balaban J connectivity index is 0.000000179. The molecule has 0 radical (unpaired) electrons. The summed E-state index contributed by atoms with van der Waals surface area (Å²) in [6.45, 7) is 10.8. The molecule has 2 saturated heterocycles. The molecule has 7 rings (SSSR count). The van der Waals surface area contributed by atoms with Crippen molar-refractivity contribution in [2.24, 2.45) is 16.9 Å². The average Bonchev–Trinajstić information content (AvgIpc) is 3.79. The molecular formula is C34H46N12O2. The lowest BCUT2D eigenvalue weighted by Gasteiger charge is -2.32. The molecule has 0 spiro atoms. The summed E-state index contributed by atoms with van der Waals surface area (Å²) in [6.07, 6.45) is 3.39. The van der Waals surface area contributed by atoms with Crippen LogP contribution in [0.4, 0.5) is 0 Å². The van der Waals surface area contributed by atoms with E-state index < -0.39 is 0 Å². The first-order chi connectivity index (χ1) is 23.6. The van der Waals surface area contributed by atoms with Crippen LogP contribution in [-0.4, -0.2) is 83.8 Å². The van der Waals surface area contributed by atoms with E-state index in [9.17, 15) is 0 Å². The van der Waals surface area contributed by atoms with Gasteiger partial charge in [0.05, 0.1) is 6.61 Å². The molecule has 2 atom stereocenters. The number of rotatable bonds is 9. The number of aromatic nitrogens is 7. The van der Waals surface area contributed by atoms with E-state index in [1.807, 2.05) is 26.0 Å². The van der Waals surface area contributed by atoms with Crippen molar-refractivity contribution in [1.82, 2.24) is 44.9 Å². The molecule has 0 amide bonds. The molecule has 2 aliphatic rings. The third-order valence-corrected chi connectivity index (χ3v) is 8.08. The number of ether oxygens (including phenoxy) is 2. The molecule has 0 aliphatic carbocycles. The third kappa shape index (κ3) is 9.96. The van der Waals surface area contributed by atoms with E-state index in [1.54, 1.807) is 18.2 Å². The van der Waals surface area contributed by atoms with Crippen molar-refractivity contribution in [3.05, 3.63) is 102 Å². The number of benzene rings is 2. The van der Waals surface area contributed by atoms with Crippen molar-refractivity contribution in [2.45, 2.75) is 52.3 Å². The van der Waals surface area contributed by atoms with Gasteiger partial charge in [0.25, 0.3) is 0 Å². The Morgan fingerprint density at radius 2 is 1.48 bits per heavy atom. The fourth-order valence-electron chi connectivity index (χ4n) is 5.79. The standard InChI is InChI=1S/C16H18N6O.C16H22N6O.C2H6/c1-2-4-13(5-3-1)10-21-9-8-14(11-21)12-23-16-7-6-15-17-19-20-22(15)18-16;17-19-15-8-9-16(20-22(15)18)23-14-7-4-10-21(12-14)11-13-5-2-1-3-6-13;1-2/h1-7,14H,8-12H2;1-3,5-6,8-9,14H,4,7,10-12,17-18H2;1-2H3/b;19-15-;. The van der Waals surface area contributed by atoms with E-state index in [0.29, 0.717) is 35.4 Å². The molecule has 0 bridgehead atoms. The summed E-state index contributed by atoms with van der Waals surface area (Å²) >= 11 is 0. The van der Waals surface area contributed by atoms with Crippen LogP contribution >= 0.6 is 0 Å². The quantitative estimate of drug-likeness (QED) is 0.178. The largest absolute Gasteiger partial charge is 0.476 e. The molecule has 14 heteroatoms. The highest BCUT2D eigenvalue weighted by atomic mass is 16.5. The van der Waals surface area contributed by atoms with Crippen LogP contribution in [0.3, 0.4) is 0 Å². The van der Waals surface area contributed by atoms with Gasteiger partial charge in [0.15, 0.2) is 11.1 Å². The minimum atomic E-state index is 0.112. The average molecular weight is 655 g/mol. The summed E-state index contributed by atoms with van der Waals surface area (Å²) in [5.74, 6) is 12.5. The number of nitrogens with zero attached hydrogens (tertiary/aromatic N) is 10. The Morgan fingerprint density at radius 3 is 2.17 bits per heavy atom. The summed E-state index contributed by atoms with van der Waals surface area (Å²) < 4.78 is 13.2. The monoisotopic (exact) mass is 654 g/mol. The number of hydrogen-bond acceptors (Lipinski definition) is 12. The summed E-state index contributed by atoms with van der Waals surface area (Å²) in [5, 5.41) is 23.0. The van der Waals surface area contributed by atoms with Crippen LogP contribution in [0, 0.1) is 5.92 Å². The Morgan fingerprint density at radius 1 is 0.792 bits per heavy atom. The van der Waals surface area contributed by atoms with Gasteiger partial charge in [-0.2, -0.15) is 9.89 Å². The molecule has 5 aromatic rings. The normalized spacial score (nSPS) is 18.4. The SMILES string of the molecule is CC.N/N=c1/ccc(OC2CCCN(Cc3ccccc3)C2)nn1N.c1ccc(CN2CCC(COc3ccc4nnnn4n3)C2)cc1. The Bertz CT molecular complexity index is 1730. The first-order valence-electron chi connectivity index (χ1n) is 16.6. The highest BCUT2D eigenvalue weighted by molar-refractivity contribution is 5.34. The van der Waals surface area contributed by atoms with Gasteiger partial charge in [0.2, 0.25) is 11.8 Å². The second kappa shape index (κ2) is 17.7. The number of fused-ring (bicyclic) bond motifs is 1. The van der Waals surface area contributed by atoms with E-state index in [-0.39, 0.29) is 6.10 Å². The number of tetrazole rings is 1. The van der Waals surface area contributed by atoms with Gasteiger partial charge in [0, 0.05) is 44.2 Å². The Kier molecular flexibility index (Phi) is 12.7. The van der Waals surface area contributed by atoms with E-state index in [2.05, 4.69) is 95.2 Å². The van der Waals surface area contributed by atoms with Crippen molar-refractivity contribution in [3.63, 3.8) is 0 Å². The van der Waals surface area contributed by atoms with Crippen LogP contribution in [0.5, 0.6) is 11.8 Å². The molecule has 5 heterocycles. The van der Waals surface area contributed by atoms with Gasteiger partial charge < -0.3 is 21.2 Å². The smallest absolute Gasteiger partial charge is 0.233 e. The number of piperidine rings is 1. The first kappa shape index (κ1) is 34.3. The molecular weight excluding hydrogens is 608 g/mol. The topological polar surface area (TPSA) is 163 Å². The van der Waals surface area contributed by atoms with Crippen LogP contribution in [0.2, 0.25) is 0 Å². The predicted molar refractivity (Wildman–Crippen MR) is 183 cm³/mol. The lowest BCUT2D eigenvalue weighted by Crippen LogP contribution is -2.41. The van der Waals surface area contributed by atoms with Gasteiger partial charge in [-0.05, 0) is 66.0 Å². The maximum atomic E-state index is 5.97. The van der Waals surface area contributed by atoms with Crippen LogP contribution in [0.1, 0.15) is 44.2 Å². The van der Waals surface area contributed by atoms with E-state index in [0.717, 1.165) is 63.3 Å². The van der Waals surface area contributed by atoms with Gasteiger partial charge >= 0.3 is 0 Å². The predicted octanol–water partition coefficient (Wildman–Crippen LogP) is 2.86. The summed E-state index contributed by atoms with van der Waals surface area (Å²) in [4.78, 5) is 6.00. The van der Waals surface area contributed by atoms with Crippen LogP contribution in [0.25, 0.3) is 5.65 Å². The van der Waals surface area contributed by atoms with Gasteiger partial charge in [-0.3, -0.25) is 9.80 Å². The molecule has 2 aromatic carbocycles. The van der Waals surface area contributed by atoms with Crippen molar-refractivity contribution in [2.75, 3.05) is 38.6 Å². The molecule has 0 saturated carbocycles. The highest BCUT2D eigenvalue weighted by Gasteiger charge is 2.24. The van der Waals surface area contributed by atoms with E-state index in [4.69, 9.17) is 21.2 Å². The summed E-state index contributed by atoms with van der Waals surface area (Å²) in [7, 11) is 0. The molecule has 48 heavy (non-hydrogen) atoms.